The minimum Gasteiger partial charge on any atom is -0.334 e. The van der Waals surface area contributed by atoms with Crippen molar-refractivity contribution in [2.75, 3.05) is 0 Å². The smallest absolute Gasteiger partial charge is 0.0963 e. The number of pyridine rings is 1. The molecule has 0 saturated heterocycles. The maximum Gasteiger partial charge on any atom is 0.0963 e. The van der Waals surface area contributed by atoms with Crippen molar-refractivity contribution in [2.45, 2.75) is 6.54 Å². The van der Waals surface area contributed by atoms with Crippen LogP contribution in [0.25, 0.3) is 33.1 Å². The summed E-state index contributed by atoms with van der Waals surface area (Å²) in [5.74, 6) is 0. The fraction of sp³-hybridized carbons (Fsp3) is 0.0400. The van der Waals surface area contributed by atoms with Gasteiger partial charge in [-0.1, -0.05) is 71.7 Å². The largest absolute Gasteiger partial charge is 0.334 e. The Morgan fingerprint density at radius 3 is 2.45 bits per heavy atom. The molecule has 0 unspecified atom stereocenters. The van der Waals surface area contributed by atoms with Crippen LogP contribution >= 0.6 is 23.2 Å². The molecule has 2 aromatic heterocycles. The lowest BCUT2D eigenvalue weighted by Gasteiger charge is -2.13. The highest BCUT2D eigenvalue weighted by Crippen LogP contribution is 2.38. The van der Waals surface area contributed by atoms with Crippen molar-refractivity contribution in [2.24, 2.45) is 0 Å². The van der Waals surface area contributed by atoms with Crippen molar-refractivity contribution >= 4 is 45.0 Å². The molecule has 0 aliphatic carbocycles. The third-order valence-electron chi connectivity index (χ3n) is 5.16. The van der Waals surface area contributed by atoms with E-state index in [1.165, 1.54) is 5.39 Å². The van der Waals surface area contributed by atoms with E-state index in [2.05, 4.69) is 41.8 Å². The summed E-state index contributed by atoms with van der Waals surface area (Å²) < 4.78 is 2.29. The third kappa shape index (κ3) is 3.19. The van der Waals surface area contributed by atoms with Gasteiger partial charge in [0.15, 0.2) is 0 Å². The topological polar surface area (TPSA) is 17.8 Å². The van der Waals surface area contributed by atoms with Crippen LogP contribution in [0.5, 0.6) is 0 Å². The zero-order chi connectivity index (χ0) is 20.0. The van der Waals surface area contributed by atoms with Gasteiger partial charge >= 0.3 is 0 Å². The van der Waals surface area contributed by atoms with Gasteiger partial charge in [0, 0.05) is 39.1 Å². The minimum atomic E-state index is 0.673. The number of nitrogens with zero attached hydrogens (tertiary/aromatic N) is 2. The molecule has 0 aliphatic rings. The Hall–Kier alpha value is -2.81. The molecule has 2 heterocycles. The molecule has 2 nitrogen and oxygen atoms in total. The van der Waals surface area contributed by atoms with E-state index in [1.54, 1.807) is 0 Å². The molecule has 0 atom stereocenters. The molecule has 4 heteroatoms. The van der Waals surface area contributed by atoms with Crippen molar-refractivity contribution in [3.8, 4) is 11.3 Å². The molecular weight excluding hydrogens is 399 g/mol. The summed E-state index contributed by atoms with van der Waals surface area (Å²) in [4.78, 5) is 4.81. The standard InChI is InChI=1S/C25H17Cl2N2/c1-16-13-21-19-9-3-5-12-23(19)29(15-17-7-6-8-18(26)14-17)25(21)24(28-16)20-10-2-4-11-22(20)27/h2-14H,1,15H2. The van der Waals surface area contributed by atoms with E-state index in [9.17, 15) is 0 Å². The van der Waals surface area contributed by atoms with E-state index >= 15 is 0 Å². The zero-order valence-electron chi connectivity index (χ0n) is 15.6. The van der Waals surface area contributed by atoms with Crippen LogP contribution in [0, 0.1) is 6.92 Å². The van der Waals surface area contributed by atoms with E-state index < -0.39 is 0 Å². The predicted molar refractivity (Wildman–Crippen MR) is 123 cm³/mol. The van der Waals surface area contributed by atoms with Gasteiger partial charge < -0.3 is 4.57 Å². The van der Waals surface area contributed by atoms with Gasteiger partial charge in [0.05, 0.1) is 16.2 Å². The summed E-state index contributed by atoms with van der Waals surface area (Å²) in [7, 11) is 0. The highest BCUT2D eigenvalue weighted by atomic mass is 35.5. The zero-order valence-corrected chi connectivity index (χ0v) is 17.1. The van der Waals surface area contributed by atoms with E-state index in [4.69, 9.17) is 28.2 Å². The first-order chi connectivity index (χ1) is 14.1. The SMILES string of the molecule is [CH2]c1cc2c3ccccc3n(Cc3cccc(Cl)c3)c2c(-c2ccccc2Cl)n1. The minimum absolute atomic E-state index is 0.673. The van der Waals surface area contributed by atoms with E-state index in [-0.39, 0.29) is 0 Å². The monoisotopic (exact) mass is 415 g/mol. The number of halogens is 2. The van der Waals surface area contributed by atoms with Crippen molar-refractivity contribution in [1.82, 2.24) is 9.55 Å². The molecule has 29 heavy (non-hydrogen) atoms. The van der Waals surface area contributed by atoms with Gasteiger partial charge in [-0.25, -0.2) is 0 Å². The first kappa shape index (κ1) is 18.2. The molecule has 0 fully saturated rings. The van der Waals surface area contributed by atoms with Crippen LogP contribution in [-0.4, -0.2) is 9.55 Å². The molecule has 3 aromatic carbocycles. The molecular formula is C25H17Cl2N2. The average Bonchev–Trinajstić information content (AvgIpc) is 3.02. The van der Waals surface area contributed by atoms with Crippen molar-refractivity contribution in [3.63, 3.8) is 0 Å². The Balaban J connectivity index is 1.88. The van der Waals surface area contributed by atoms with Gasteiger partial charge in [-0.3, -0.25) is 4.98 Å². The van der Waals surface area contributed by atoms with Crippen LogP contribution in [0.15, 0.2) is 78.9 Å². The number of para-hydroxylation sites is 1. The number of rotatable bonds is 3. The Morgan fingerprint density at radius 2 is 1.62 bits per heavy atom. The summed E-state index contributed by atoms with van der Waals surface area (Å²) in [6.45, 7) is 4.80. The normalized spacial score (nSPS) is 11.4. The van der Waals surface area contributed by atoms with Gasteiger partial charge in [0.2, 0.25) is 0 Å². The Bertz CT molecular complexity index is 1370. The van der Waals surface area contributed by atoms with Crippen LogP contribution in [-0.2, 0) is 6.54 Å². The third-order valence-corrected chi connectivity index (χ3v) is 5.72. The summed E-state index contributed by atoms with van der Waals surface area (Å²) in [6, 6.07) is 26.2. The number of hydrogen-bond donors (Lipinski definition) is 0. The molecule has 0 amide bonds. The summed E-state index contributed by atoms with van der Waals surface area (Å²) >= 11 is 12.8. The van der Waals surface area contributed by atoms with Crippen molar-refractivity contribution < 1.29 is 0 Å². The van der Waals surface area contributed by atoms with Gasteiger partial charge in [-0.15, -0.1) is 0 Å². The van der Waals surface area contributed by atoms with Crippen molar-refractivity contribution in [3.05, 3.63) is 107 Å². The Labute approximate surface area is 179 Å². The molecule has 5 aromatic rings. The second-order valence-corrected chi connectivity index (χ2v) is 7.92. The molecule has 141 valence electrons. The van der Waals surface area contributed by atoms with Crippen LogP contribution in [0.3, 0.4) is 0 Å². The maximum absolute atomic E-state index is 6.56. The van der Waals surface area contributed by atoms with Crippen LogP contribution in [0.4, 0.5) is 0 Å². The van der Waals surface area contributed by atoms with E-state index in [0.717, 1.165) is 44.0 Å². The lowest BCUT2D eigenvalue weighted by molar-refractivity contribution is 0.867. The number of hydrogen-bond acceptors (Lipinski definition) is 1. The fourth-order valence-electron chi connectivity index (χ4n) is 3.95. The van der Waals surface area contributed by atoms with Gasteiger partial charge in [-0.2, -0.15) is 0 Å². The van der Waals surface area contributed by atoms with Crippen LogP contribution in [0.1, 0.15) is 11.3 Å². The Kier molecular flexibility index (Phi) is 4.54. The quantitative estimate of drug-likeness (QED) is 0.300. The van der Waals surface area contributed by atoms with Crippen LogP contribution in [0.2, 0.25) is 10.0 Å². The number of fused-ring (bicyclic) bond motifs is 3. The fourth-order valence-corrected chi connectivity index (χ4v) is 4.39. The molecule has 0 aliphatic heterocycles. The van der Waals surface area contributed by atoms with Gasteiger partial charge in [-0.05, 0) is 42.8 Å². The predicted octanol–water partition coefficient (Wildman–Crippen LogP) is 7.39. The highest BCUT2D eigenvalue weighted by molar-refractivity contribution is 6.33. The summed E-state index contributed by atoms with van der Waals surface area (Å²) in [5, 5.41) is 3.70. The second kappa shape index (κ2) is 7.22. The van der Waals surface area contributed by atoms with Gasteiger partial charge in [0.1, 0.15) is 0 Å². The Morgan fingerprint density at radius 1 is 0.828 bits per heavy atom. The lowest BCUT2D eigenvalue weighted by atomic mass is 10.1. The second-order valence-electron chi connectivity index (χ2n) is 7.07. The first-order valence-electron chi connectivity index (χ1n) is 9.35. The van der Waals surface area contributed by atoms with Gasteiger partial charge in [0.25, 0.3) is 0 Å². The first-order valence-corrected chi connectivity index (χ1v) is 10.1. The molecule has 5 rings (SSSR count). The summed E-state index contributed by atoms with van der Waals surface area (Å²) in [5.41, 5.74) is 5.79. The molecule has 1 radical (unpaired) electrons. The summed E-state index contributed by atoms with van der Waals surface area (Å²) in [6.07, 6.45) is 0. The maximum atomic E-state index is 6.56. The number of benzene rings is 3. The number of aromatic nitrogens is 2. The molecule has 0 spiro atoms. The molecule has 0 bridgehead atoms. The molecule has 0 saturated carbocycles. The molecule has 0 N–H and O–H groups in total. The van der Waals surface area contributed by atoms with E-state index in [1.807, 2.05) is 48.5 Å². The lowest BCUT2D eigenvalue weighted by Crippen LogP contribution is -2.02. The average molecular weight is 416 g/mol. The highest BCUT2D eigenvalue weighted by Gasteiger charge is 2.18. The van der Waals surface area contributed by atoms with Crippen LogP contribution < -0.4 is 0 Å². The van der Waals surface area contributed by atoms with Crippen molar-refractivity contribution in [1.29, 1.82) is 0 Å². The van der Waals surface area contributed by atoms with E-state index in [0.29, 0.717) is 11.6 Å².